The molecule has 0 saturated heterocycles. The van der Waals surface area contributed by atoms with Gasteiger partial charge in [-0.05, 0) is 36.8 Å². The molecule has 6 heteroatoms. The lowest BCUT2D eigenvalue weighted by molar-refractivity contribution is 0.214. The van der Waals surface area contributed by atoms with Crippen molar-refractivity contribution >= 4 is 18.4 Å². The maximum atomic E-state index is 13.4. The van der Waals surface area contributed by atoms with E-state index in [2.05, 4.69) is 4.98 Å². The fourth-order valence-electron chi connectivity index (χ4n) is 2.20. The molecule has 0 amide bonds. The van der Waals surface area contributed by atoms with Crippen molar-refractivity contribution in [3.05, 3.63) is 54.4 Å². The van der Waals surface area contributed by atoms with E-state index in [9.17, 15) is 9.67 Å². The summed E-state index contributed by atoms with van der Waals surface area (Å²) in [5.74, 6) is -1.23. The summed E-state index contributed by atoms with van der Waals surface area (Å²) in [5, 5.41) is 11.2. The highest BCUT2D eigenvalue weighted by Gasteiger charge is 2.36. The SMILES string of the molecule is CCCO[P@](=O)(c1ccc(N(C)C)cc1)[C@H](O)c1cccnc1. The van der Waals surface area contributed by atoms with Crippen LogP contribution in [0, 0.1) is 0 Å². The van der Waals surface area contributed by atoms with Gasteiger partial charge in [0, 0.05) is 43.0 Å². The van der Waals surface area contributed by atoms with Gasteiger partial charge in [0.2, 0.25) is 0 Å². The third kappa shape index (κ3) is 3.99. The topological polar surface area (TPSA) is 62.7 Å². The second kappa shape index (κ2) is 7.73. The number of hydrogen-bond acceptors (Lipinski definition) is 5. The van der Waals surface area contributed by atoms with Gasteiger partial charge in [-0.25, -0.2) is 0 Å². The average Bonchev–Trinajstić information content (AvgIpc) is 2.59. The first-order valence-corrected chi connectivity index (χ1v) is 9.28. The molecule has 0 saturated carbocycles. The van der Waals surface area contributed by atoms with Gasteiger partial charge in [0.15, 0.2) is 5.85 Å². The third-order valence-electron chi connectivity index (χ3n) is 3.52. The molecule has 0 spiro atoms. The Labute approximate surface area is 137 Å². The summed E-state index contributed by atoms with van der Waals surface area (Å²) in [6.07, 6.45) is 3.85. The van der Waals surface area contributed by atoms with E-state index in [0.29, 0.717) is 17.5 Å². The van der Waals surface area contributed by atoms with Crippen LogP contribution in [0.4, 0.5) is 5.69 Å². The quantitative estimate of drug-likeness (QED) is 0.788. The Kier molecular flexibility index (Phi) is 5.94. The molecule has 124 valence electrons. The minimum atomic E-state index is -3.45. The van der Waals surface area contributed by atoms with Crippen molar-refractivity contribution in [2.45, 2.75) is 19.2 Å². The minimum Gasteiger partial charge on any atom is -0.378 e. The Hall–Kier alpha value is -1.68. The number of aliphatic hydroxyl groups excluding tert-OH is 1. The molecule has 1 heterocycles. The summed E-state index contributed by atoms with van der Waals surface area (Å²) in [6.45, 7) is 2.26. The van der Waals surface area contributed by atoms with Crippen LogP contribution in [0.1, 0.15) is 24.8 Å². The number of nitrogens with zero attached hydrogens (tertiary/aromatic N) is 2. The van der Waals surface area contributed by atoms with Crippen molar-refractivity contribution < 1.29 is 14.2 Å². The van der Waals surface area contributed by atoms with Gasteiger partial charge >= 0.3 is 0 Å². The van der Waals surface area contributed by atoms with Crippen LogP contribution in [0.2, 0.25) is 0 Å². The van der Waals surface area contributed by atoms with E-state index >= 15 is 0 Å². The molecule has 0 radical (unpaired) electrons. The summed E-state index contributed by atoms with van der Waals surface area (Å²) < 4.78 is 19.1. The molecule has 23 heavy (non-hydrogen) atoms. The molecule has 0 fully saturated rings. The van der Waals surface area contributed by atoms with E-state index < -0.39 is 13.2 Å². The van der Waals surface area contributed by atoms with E-state index in [4.69, 9.17) is 4.52 Å². The predicted molar refractivity (Wildman–Crippen MR) is 93.4 cm³/mol. The first-order chi connectivity index (χ1) is 11.0. The average molecular weight is 334 g/mol. The van der Waals surface area contributed by atoms with Gasteiger partial charge in [0.05, 0.1) is 6.61 Å². The molecule has 2 aromatic rings. The minimum absolute atomic E-state index is 0.323. The van der Waals surface area contributed by atoms with Crippen LogP contribution >= 0.6 is 7.37 Å². The number of benzene rings is 1. The van der Waals surface area contributed by atoms with Crippen LogP contribution in [0.25, 0.3) is 0 Å². The smallest absolute Gasteiger partial charge is 0.264 e. The predicted octanol–water partition coefficient (Wildman–Crippen LogP) is 3.17. The van der Waals surface area contributed by atoms with Gasteiger partial charge in [0.25, 0.3) is 7.37 Å². The Bertz CT molecular complexity index is 659. The van der Waals surface area contributed by atoms with Gasteiger partial charge in [-0.2, -0.15) is 0 Å². The molecule has 1 aromatic carbocycles. The first kappa shape index (κ1) is 17.7. The Morgan fingerprint density at radius 1 is 1.26 bits per heavy atom. The lowest BCUT2D eigenvalue weighted by Gasteiger charge is -2.24. The van der Waals surface area contributed by atoms with Crippen LogP contribution < -0.4 is 10.2 Å². The summed E-state index contributed by atoms with van der Waals surface area (Å²) >= 11 is 0. The van der Waals surface area contributed by atoms with Crippen molar-refractivity contribution in [3.63, 3.8) is 0 Å². The molecular formula is C17H23N2O3P. The molecule has 1 aromatic heterocycles. The van der Waals surface area contributed by atoms with Gasteiger partial charge in [-0.3, -0.25) is 9.55 Å². The van der Waals surface area contributed by atoms with Crippen molar-refractivity contribution in [2.24, 2.45) is 0 Å². The lowest BCUT2D eigenvalue weighted by atomic mass is 10.3. The number of pyridine rings is 1. The van der Waals surface area contributed by atoms with Crippen LogP contribution in [0.15, 0.2) is 48.8 Å². The van der Waals surface area contributed by atoms with E-state index in [-0.39, 0.29) is 0 Å². The molecule has 1 N–H and O–H groups in total. The molecule has 0 bridgehead atoms. The number of rotatable bonds is 7. The van der Waals surface area contributed by atoms with Crippen molar-refractivity contribution in [1.82, 2.24) is 4.98 Å². The van der Waals surface area contributed by atoms with Crippen molar-refractivity contribution in [2.75, 3.05) is 25.6 Å². The normalized spacial score (nSPS) is 15.0. The van der Waals surface area contributed by atoms with Crippen LogP contribution in [-0.4, -0.2) is 30.8 Å². The second-order valence-corrected chi connectivity index (χ2v) is 7.96. The van der Waals surface area contributed by atoms with Crippen LogP contribution in [-0.2, 0) is 9.09 Å². The van der Waals surface area contributed by atoms with Crippen molar-refractivity contribution in [1.29, 1.82) is 0 Å². The van der Waals surface area contributed by atoms with E-state index in [1.165, 1.54) is 6.20 Å². The number of hydrogen-bond donors (Lipinski definition) is 1. The first-order valence-electron chi connectivity index (χ1n) is 7.59. The zero-order valence-corrected chi connectivity index (χ0v) is 14.6. The zero-order valence-electron chi connectivity index (χ0n) is 13.7. The lowest BCUT2D eigenvalue weighted by Crippen LogP contribution is -2.16. The number of aliphatic hydroxyl groups is 1. The molecular weight excluding hydrogens is 311 g/mol. The van der Waals surface area contributed by atoms with Gasteiger partial charge in [-0.1, -0.05) is 13.0 Å². The van der Waals surface area contributed by atoms with E-state index in [1.54, 1.807) is 30.5 Å². The van der Waals surface area contributed by atoms with Gasteiger partial charge in [-0.15, -0.1) is 0 Å². The highest BCUT2D eigenvalue weighted by Crippen LogP contribution is 2.57. The van der Waals surface area contributed by atoms with Gasteiger partial charge in [0.1, 0.15) is 0 Å². The Morgan fingerprint density at radius 3 is 2.48 bits per heavy atom. The Balaban J connectivity index is 2.40. The number of aromatic nitrogens is 1. The highest BCUT2D eigenvalue weighted by molar-refractivity contribution is 7.67. The molecule has 0 unspecified atom stereocenters. The summed E-state index contributed by atoms with van der Waals surface area (Å²) in [4.78, 5) is 5.94. The zero-order chi connectivity index (χ0) is 16.9. The molecule has 0 aliphatic heterocycles. The maximum absolute atomic E-state index is 13.4. The molecule has 0 aliphatic carbocycles. The summed E-state index contributed by atoms with van der Waals surface area (Å²) in [5.41, 5.74) is 1.48. The van der Waals surface area contributed by atoms with Crippen LogP contribution in [0.3, 0.4) is 0 Å². The fourth-order valence-corrected chi connectivity index (χ4v) is 4.33. The van der Waals surface area contributed by atoms with Crippen LogP contribution in [0.5, 0.6) is 0 Å². The third-order valence-corrected chi connectivity index (χ3v) is 6.04. The fraction of sp³-hybridized carbons (Fsp3) is 0.353. The monoisotopic (exact) mass is 334 g/mol. The summed E-state index contributed by atoms with van der Waals surface area (Å²) in [7, 11) is 0.420. The van der Waals surface area contributed by atoms with Crippen molar-refractivity contribution in [3.8, 4) is 0 Å². The molecule has 2 rings (SSSR count). The Morgan fingerprint density at radius 2 is 1.96 bits per heavy atom. The standard InChI is InChI=1S/C17H23N2O3P/c1-4-12-22-23(21,17(20)14-6-5-11-18-13-14)16-9-7-15(8-10-16)19(2)3/h5-11,13,17,20H,4,12H2,1-3H3/t17-,23+/m0/s1. The molecule has 5 nitrogen and oxygen atoms in total. The molecule has 2 atom stereocenters. The number of anilines is 1. The van der Waals surface area contributed by atoms with E-state index in [0.717, 1.165) is 12.1 Å². The van der Waals surface area contributed by atoms with Gasteiger partial charge < -0.3 is 14.5 Å². The molecule has 0 aliphatic rings. The second-order valence-electron chi connectivity index (χ2n) is 5.50. The highest BCUT2D eigenvalue weighted by atomic mass is 31.2. The summed E-state index contributed by atoms with van der Waals surface area (Å²) in [6, 6.07) is 10.7. The van der Waals surface area contributed by atoms with E-state index in [1.807, 2.05) is 38.1 Å². The largest absolute Gasteiger partial charge is 0.378 e. The maximum Gasteiger partial charge on any atom is 0.264 e.